The Morgan fingerprint density at radius 1 is 0.875 bits per heavy atom. The Hall–Kier alpha value is -2.52. The summed E-state index contributed by atoms with van der Waals surface area (Å²) in [7, 11) is 0. The SMILES string of the molecule is CSc1cccc(NC(=O)Cc2ccc(-c3ccccc3)cc2)c1. The summed E-state index contributed by atoms with van der Waals surface area (Å²) in [5.74, 6) is 0.000661. The summed E-state index contributed by atoms with van der Waals surface area (Å²) in [6.07, 6.45) is 2.40. The molecule has 0 saturated heterocycles. The molecular formula is C21H19NOS. The maximum atomic E-state index is 12.2. The average molecular weight is 333 g/mol. The molecule has 24 heavy (non-hydrogen) atoms. The van der Waals surface area contributed by atoms with Gasteiger partial charge in [0.2, 0.25) is 5.91 Å². The first-order chi connectivity index (χ1) is 11.7. The van der Waals surface area contributed by atoms with Crippen molar-refractivity contribution in [1.82, 2.24) is 0 Å². The van der Waals surface area contributed by atoms with E-state index in [0.717, 1.165) is 21.7 Å². The second kappa shape index (κ2) is 7.84. The van der Waals surface area contributed by atoms with Crippen LogP contribution in [0.4, 0.5) is 5.69 Å². The van der Waals surface area contributed by atoms with Crippen molar-refractivity contribution in [3.63, 3.8) is 0 Å². The topological polar surface area (TPSA) is 29.1 Å². The van der Waals surface area contributed by atoms with Gasteiger partial charge >= 0.3 is 0 Å². The molecule has 0 aliphatic carbocycles. The van der Waals surface area contributed by atoms with Gasteiger partial charge in [0.15, 0.2) is 0 Å². The number of thioether (sulfide) groups is 1. The number of hydrogen-bond acceptors (Lipinski definition) is 2. The number of hydrogen-bond donors (Lipinski definition) is 1. The second-order valence-corrected chi connectivity index (χ2v) is 6.40. The van der Waals surface area contributed by atoms with Gasteiger partial charge in [-0.25, -0.2) is 0 Å². The number of carbonyl (C=O) groups is 1. The molecule has 1 N–H and O–H groups in total. The molecule has 2 nitrogen and oxygen atoms in total. The Labute approximate surface area is 146 Å². The zero-order valence-electron chi connectivity index (χ0n) is 13.5. The molecule has 0 aromatic heterocycles. The summed E-state index contributed by atoms with van der Waals surface area (Å²) in [5, 5.41) is 2.96. The van der Waals surface area contributed by atoms with Crippen molar-refractivity contribution in [3.05, 3.63) is 84.4 Å². The van der Waals surface area contributed by atoms with Crippen molar-refractivity contribution >= 4 is 23.4 Å². The van der Waals surface area contributed by atoms with E-state index in [1.807, 2.05) is 60.9 Å². The summed E-state index contributed by atoms with van der Waals surface area (Å²) < 4.78 is 0. The minimum atomic E-state index is 0.000661. The van der Waals surface area contributed by atoms with Gasteiger partial charge < -0.3 is 5.32 Å². The van der Waals surface area contributed by atoms with Gasteiger partial charge in [0, 0.05) is 10.6 Å². The Balaban J connectivity index is 1.64. The van der Waals surface area contributed by atoms with E-state index in [4.69, 9.17) is 0 Å². The van der Waals surface area contributed by atoms with Crippen LogP contribution in [0.1, 0.15) is 5.56 Å². The third kappa shape index (κ3) is 4.27. The Bertz CT molecular complexity index is 813. The molecule has 0 fully saturated rings. The molecule has 120 valence electrons. The number of amides is 1. The van der Waals surface area contributed by atoms with Gasteiger partial charge in [-0.3, -0.25) is 4.79 Å². The molecule has 0 radical (unpaired) electrons. The molecule has 0 heterocycles. The minimum Gasteiger partial charge on any atom is -0.326 e. The lowest BCUT2D eigenvalue weighted by Crippen LogP contribution is -2.14. The molecule has 0 unspecified atom stereocenters. The zero-order valence-corrected chi connectivity index (χ0v) is 14.3. The molecule has 3 aromatic rings. The number of rotatable bonds is 5. The summed E-state index contributed by atoms with van der Waals surface area (Å²) in [4.78, 5) is 13.4. The fourth-order valence-corrected chi connectivity index (χ4v) is 3.00. The predicted molar refractivity (Wildman–Crippen MR) is 102 cm³/mol. The van der Waals surface area contributed by atoms with Crippen LogP contribution in [0.15, 0.2) is 83.8 Å². The molecule has 0 aliphatic heterocycles. The van der Waals surface area contributed by atoms with Gasteiger partial charge in [0.1, 0.15) is 0 Å². The number of carbonyl (C=O) groups excluding carboxylic acids is 1. The van der Waals surface area contributed by atoms with Crippen molar-refractivity contribution in [2.24, 2.45) is 0 Å². The van der Waals surface area contributed by atoms with Gasteiger partial charge in [-0.1, -0.05) is 60.7 Å². The lowest BCUT2D eigenvalue weighted by atomic mass is 10.0. The van der Waals surface area contributed by atoms with E-state index < -0.39 is 0 Å². The Kier molecular flexibility index (Phi) is 5.34. The van der Waals surface area contributed by atoms with Crippen LogP contribution in [0.3, 0.4) is 0 Å². The fraction of sp³-hybridized carbons (Fsp3) is 0.0952. The van der Waals surface area contributed by atoms with Crippen LogP contribution in [0.5, 0.6) is 0 Å². The standard InChI is InChI=1S/C21H19NOS/c1-24-20-9-5-8-19(15-20)22-21(23)14-16-10-12-18(13-11-16)17-6-3-2-4-7-17/h2-13,15H,14H2,1H3,(H,22,23). The third-order valence-corrected chi connectivity index (χ3v) is 4.50. The lowest BCUT2D eigenvalue weighted by molar-refractivity contribution is -0.115. The first-order valence-electron chi connectivity index (χ1n) is 7.83. The largest absolute Gasteiger partial charge is 0.326 e. The highest BCUT2D eigenvalue weighted by Crippen LogP contribution is 2.21. The van der Waals surface area contributed by atoms with E-state index in [9.17, 15) is 4.79 Å². The van der Waals surface area contributed by atoms with E-state index >= 15 is 0 Å². The molecule has 3 aromatic carbocycles. The van der Waals surface area contributed by atoms with Gasteiger partial charge in [0.05, 0.1) is 6.42 Å². The van der Waals surface area contributed by atoms with Crippen LogP contribution in [0.25, 0.3) is 11.1 Å². The van der Waals surface area contributed by atoms with E-state index in [2.05, 4.69) is 29.6 Å². The fourth-order valence-electron chi connectivity index (χ4n) is 2.54. The van der Waals surface area contributed by atoms with E-state index in [0.29, 0.717) is 6.42 Å². The summed E-state index contributed by atoms with van der Waals surface area (Å²) in [6, 6.07) is 26.3. The van der Waals surface area contributed by atoms with Crippen molar-refractivity contribution in [2.45, 2.75) is 11.3 Å². The number of nitrogens with one attached hydrogen (secondary N) is 1. The van der Waals surface area contributed by atoms with Crippen molar-refractivity contribution in [3.8, 4) is 11.1 Å². The van der Waals surface area contributed by atoms with E-state index in [-0.39, 0.29) is 5.91 Å². The summed E-state index contributed by atoms with van der Waals surface area (Å²) in [5.41, 5.74) is 4.19. The Morgan fingerprint density at radius 2 is 1.58 bits per heavy atom. The van der Waals surface area contributed by atoms with Crippen molar-refractivity contribution in [2.75, 3.05) is 11.6 Å². The monoisotopic (exact) mass is 333 g/mol. The predicted octanol–water partition coefficient (Wildman–Crippen LogP) is 5.26. The lowest BCUT2D eigenvalue weighted by Gasteiger charge is -2.07. The molecule has 3 rings (SSSR count). The molecular weight excluding hydrogens is 314 g/mol. The van der Waals surface area contributed by atoms with E-state index in [1.54, 1.807) is 11.8 Å². The molecule has 0 aliphatic rings. The maximum absolute atomic E-state index is 12.2. The van der Waals surface area contributed by atoms with Crippen LogP contribution in [0, 0.1) is 0 Å². The summed E-state index contributed by atoms with van der Waals surface area (Å²) in [6.45, 7) is 0. The Morgan fingerprint density at radius 3 is 2.29 bits per heavy atom. The molecule has 0 atom stereocenters. The molecule has 0 spiro atoms. The highest BCUT2D eigenvalue weighted by molar-refractivity contribution is 7.98. The minimum absolute atomic E-state index is 0.000661. The van der Waals surface area contributed by atoms with Gasteiger partial charge in [-0.15, -0.1) is 11.8 Å². The highest BCUT2D eigenvalue weighted by atomic mass is 32.2. The van der Waals surface area contributed by atoms with Gasteiger partial charge in [-0.05, 0) is 41.1 Å². The number of anilines is 1. The van der Waals surface area contributed by atoms with E-state index in [1.165, 1.54) is 5.56 Å². The smallest absolute Gasteiger partial charge is 0.228 e. The molecule has 3 heteroatoms. The maximum Gasteiger partial charge on any atom is 0.228 e. The normalized spacial score (nSPS) is 10.4. The first-order valence-corrected chi connectivity index (χ1v) is 9.05. The molecule has 1 amide bonds. The van der Waals surface area contributed by atoms with Crippen molar-refractivity contribution in [1.29, 1.82) is 0 Å². The van der Waals surface area contributed by atoms with Crippen LogP contribution in [-0.4, -0.2) is 12.2 Å². The average Bonchev–Trinajstić information content (AvgIpc) is 2.63. The zero-order chi connectivity index (χ0) is 16.8. The number of benzene rings is 3. The van der Waals surface area contributed by atoms with Crippen LogP contribution >= 0.6 is 11.8 Å². The first kappa shape index (κ1) is 16.3. The highest BCUT2D eigenvalue weighted by Gasteiger charge is 2.05. The van der Waals surface area contributed by atoms with Gasteiger partial charge in [-0.2, -0.15) is 0 Å². The quantitative estimate of drug-likeness (QED) is 0.646. The summed E-state index contributed by atoms with van der Waals surface area (Å²) >= 11 is 1.66. The second-order valence-electron chi connectivity index (χ2n) is 5.52. The third-order valence-electron chi connectivity index (χ3n) is 3.78. The molecule has 0 saturated carbocycles. The van der Waals surface area contributed by atoms with Gasteiger partial charge in [0.25, 0.3) is 0 Å². The van der Waals surface area contributed by atoms with Crippen LogP contribution in [0.2, 0.25) is 0 Å². The van der Waals surface area contributed by atoms with Crippen molar-refractivity contribution < 1.29 is 4.79 Å². The molecule has 0 bridgehead atoms. The van der Waals surface area contributed by atoms with Crippen LogP contribution < -0.4 is 5.32 Å². The van der Waals surface area contributed by atoms with Crippen LogP contribution in [-0.2, 0) is 11.2 Å².